The molecule has 7 heteroatoms. The van der Waals surface area contributed by atoms with Crippen molar-refractivity contribution in [3.8, 4) is 0 Å². The molecule has 164 valence electrons. The van der Waals surface area contributed by atoms with Gasteiger partial charge in [-0.15, -0.1) is 0 Å². The molecule has 0 radical (unpaired) electrons. The highest BCUT2D eigenvalue weighted by Crippen LogP contribution is 2.39. The highest BCUT2D eigenvalue weighted by molar-refractivity contribution is 7.91. The van der Waals surface area contributed by atoms with E-state index in [2.05, 4.69) is 10.6 Å². The van der Waals surface area contributed by atoms with E-state index in [1.807, 2.05) is 19.9 Å². The van der Waals surface area contributed by atoms with Gasteiger partial charge in [0.15, 0.2) is 15.8 Å². The van der Waals surface area contributed by atoms with Crippen LogP contribution in [-0.2, 0) is 9.84 Å². The summed E-state index contributed by atoms with van der Waals surface area (Å²) in [5.41, 5.74) is 0.0627. The monoisotopic (exact) mass is 423 g/mol. The second-order valence-electron chi connectivity index (χ2n) is 8.07. The Morgan fingerprint density at radius 1 is 1.17 bits per heavy atom. The summed E-state index contributed by atoms with van der Waals surface area (Å²) in [4.78, 5) is 5.16. The Balaban J connectivity index is 2.09. The number of aliphatic hydroxyl groups excluding tert-OH is 1. The van der Waals surface area contributed by atoms with Crippen LogP contribution in [0.4, 0.5) is 0 Å². The Bertz CT molecular complexity index is 723. The zero-order valence-corrected chi connectivity index (χ0v) is 18.7. The van der Waals surface area contributed by atoms with Gasteiger partial charge in [0.2, 0.25) is 0 Å². The zero-order valence-electron chi connectivity index (χ0n) is 17.9. The second kappa shape index (κ2) is 11.6. The number of sulfone groups is 1. The molecular formula is C22H37N3O3S. The third-order valence-corrected chi connectivity index (χ3v) is 7.66. The summed E-state index contributed by atoms with van der Waals surface area (Å²) in [7, 11) is -3.37. The van der Waals surface area contributed by atoms with Crippen LogP contribution >= 0.6 is 0 Å². The van der Waals surface area contributed by atoms with Crippen LogP contribution in [0.25, 0.3) is 0 Å². The molecule has 0 saturated heterocycles. The van der Waals surface area contributed by atoms with Gasteiger partial charge in [0.05, 0.1) is 10.6 Å². The SMILES string of the molecule is CCNC(=NCC1(CCO)CCCCC1)NC(CC)CS(=O)(=O)c1ccccc1. The van der Waals surface area contributed by atoms with E-state index in [0.717, 1.165) is 19.3 Å². The lowest BCUT2D eigenvalue weighted by Gasteiger charge is -2.36. The molecule has 1 saturated carbocycles. The fourth-order valence-corrected chi connectivity index (χ4v) is 5.65. The van der Waals surface area contributed by atoms with Crippen LogP contribution in [-0.4, -0.2) is 51.0 Å². The Kier molecular flexibility index (Phi) is 9.43. The van der Waals surface area contributed by atoms with Gasteiger partial charge in [-0.2, -0.15) is 0 Å². The maximum Gasteiger partial charge on any atom is 0.191 e. The minimum Gasteiger partial charge on any atom is -0.396 e. The summed E-state index contributed by atoms with van der Waals surface area (Å²) in [5.74, 6) is 0.685. The fraction of sp³-hybridized carbons (Fsp3) is 0.682. The van der Waals surface area contributed by atoms with Crippen molar-refractivity contribution in [3.63, 3.8) is 0 Å². The Labute approximate surface area is 176 Å². The quantitative estimate of drug-likeness (QED) is 0.397. The van der Waals surface area contributed by atoms with Crippen molar-refractivity contribution < 1.29 is 13.5 Å². The van der Waals surface area contributed by atoms with Crippen molar-refractivity contribution in [2.75, 3.05) is 25.4 Å². The molecule has 1 aromatic carbocycles. The molecule has 29 heavy (non-hydrogen) atoms. The summed E-state index contributed by atoms with van der Waals surface area (Å²) < 4.78 is 25.5. The highest BCUT2D eigenvalue weighted by Gasteiger charge is 2.31. The predicted molar refractivity (Wildman–Crippen MR) is 119 cm³/mol. The van der Waals surface area contributed by atoms with Gasteiger partial charge in [0.1, 0.15) is 0 Å². The van der Waals surface area contributed by atoms with E-state index in [4.69, 9.17) is 4.99 Å². The number of benzene rings is 1. The van der Waals surface area contributed by atoms with Crippen molar-refractivity contribution >= 4 is 15.8 Å². The number of rotatable bonds is 10. The molecule has 1 aliphatic rings. The van der Waals surface area contributed by atoms with Crippen LogP contribution in [0.1, 0.15) is 58.8 Å². The van der Waals surface area contributed by atoms with Gasteiger partial charge in [-0.3, -0.25) is 4.99 Å². The van der Waals surface area contributed by atoms with Gasteiger partial charge in [-0.05, 0) is 50.2 Å². The van der Waals surface area contributed by atoms with E-state index in [9.17, 15) is 13.5 Å². The van der Waals surface area contributed by atoms with Crippen LogP contribution in [0.2, 0.25) is 0 Å². The third-order valence-electron chi connectivity index (χ3n) is 5.83. The molecule has 1 aromatic rings. The van der Waals surface area contributed by atoms with E-state index in [1.165, 1.54) is 19.3 Å². The molecule has 0 bridgehead atoms. The summed E-state index contributed by atoms with van der Waals surface area (Å²) >= 11 is 0. The minimum absolute atomic E-state index is 0.0275. The van der Waals surface area contributed by atoms with Crippen LogP contribution in [0.15, 0.2) is 40.2 Å². The largest absolute Gasteiger partial charge is 0.396 e. The molecule has 3 N–H and O–H groups in total. The van der Waals surface area contributed by atoms with E-state index in [0.29, 0.717) is 30.4 Å². The predicted octanol–water partition coefficient (Wildman–Crippen LogP) is 3.13. The highest BCUT2D eigenvalue weighted by atomic mass is 32.2. The van der Waals surface area contributed by atoms with Crippen molar-refractivity contribution in [2.45, 2.75) is 69.7 Å². The molecule has 0 spiro atoms. The third kappa shape index (κ3) is 7.30. The summed E-state index contributed by atoms with van der Waals surface area (Å²) in [6, 6.07) is 8.37. The molecule has 1 fully saturated rings. The van der Waals surface area contributed by atoms with Crippen LogP contribution in [0, 0.1) is 5.41 Å². The Morgan fingerprint density at radius 2 is 1.86 bits per heavy atom. The number of aliphatic imine (C=N–C) groups is 1. The Hall–Kier alpha value is -1.60. The number of hydrogen-bond donors (Lipinski definition) is 3. The van der Waals surface area contributed by atoms with Gasteiger partial charge in [0.25, 0.3) is 0 Å². The lowest BCUT2D eigenvalue weighted by atomic mass is 9.72. The molecule has 1 aliphatic carbocycles. The molecule has 6 nitrogen and oxygen atoms in total. The lowest BCUT2D eigenvalue weighted by Crippen LogP contribution is -2.46. The van der Waals surface area contributed by atoms with Gasteiger partial charge in [-0.1, -0.05) is 44.4 Å². The van der Waals surface area contributed by atoms with Crippen LogP contribution in [0.3, 0.4) is 0 Å². The Morgan fingerprint density at radius 3 is 2.45 bits per heavy atom. The molecular weight excluding hydrogens is 386 g/mol. The number of nitrogens with one attached hydrogen (secondary N) is 2. The van der Waals surface area contributed by atoms with Crippen molar-refractivity contribution in [3.05, 3.63) is 30.3 Å². The number of aliphatic hydroxyl groups is 1. The molecule has 0 aromatic heterocycles. The summed E-state index contributed by atoms with van der Waals surface area (Å²) in [5, 5.41) is 16.1. The molecule has 0 amide bonds. The molecule has 1 unspecified atom stereocenters. The molecule has 2 rings (SSSR count). The topological polar surface area (TPSA) is 90.8 Å². The average Bonchev–Trinajstić information content (AvgIpc) is 2.73. The fourth-order valence-electron chi connectivity index (χ4n) is 4.04. The smallest absolute Gasteiger partial charge is 0.191 e. The molecule has 0 heterocycles. The maximum absolute atomic E-state index is 12.8. The minimum atomic E-state index is -3.37. The van der Waals surface area contributed by atoms with Crippen molar-refractivity contribution in [1.82, 2.24) is 10.6 Å². The first kappa shape index (κ1) is 23.7. The first-order chi connectivity index (χ1) is 13.9. The number of hydrogen-bond acceptors (Lipinski definition) is 4. The average molecular weight is 424 g/mol. The lowest BCUT2D eigenvalue weighted by molar-refractivity contribution is 0.137. The maximum atomic E-state index is 12.8. The van der Waals surface area contributed by atoms with Crippen molar-refractivity contribution in [1.29, 1.82) is 0 Å². The normalized spacial score (nSPS) is 18.2. The summed E-state index contributed by atoms with van der Waals surface area (Å²) in [6.07, 6.45) is 7.27. The number of nitrogens with zero attached hydrogens (tertiary/aromatic N) is 1. The zero-order chi connectivity index (χ0) is 21.2. The van der Waals surface area contributed by atoms with Gasteiger partial charge in [0, 0.05) is 25.7 Å². The summed E-state index contributed by atoms with van der Waals surface area (Å²) in [6.45, 7) is 5.54. The van der Waals surface area contributed by atoms with Gasteiger partial charge in [-0.25, -0.2) is 8.42 Å². The van der Waals surface area contributed by atoms with Gasteiger partial charge < -0.3 is 15.7 Å². The number of guanidine groups is 1. The van der Waals surface area contributed by atoms with E-state index in [-0.39, 0.29) is 23.8 Å². The van der Waals surface area contributed by atoms with Crippen molar-refractivity contribution in [2.24, 2.45) is 10.4 Å². The first-order valence-electron chi connectivity index (χ1n) is 10.9. The van der Waals surface area contributed by atoms with E-state index in [1.54, 1.807) is 24.3 Å². The second-order valence-corrected chi connectivity index (χ2v) is 10.1. The van der Waals surface area contributed by atoms with E-state index >= 15 is 0 Å². The standard InChI is InChI=1S/C22H37N3O3S/c1-3-19(17-29(27,28)20-11-7-5-8-12-20)25-21(23-4-2)24-18-22(15-16-26)13-9-6-10-14-22/h5,7-8,11-12,19,26H,3-4,6,9-10,13-18H2,1-2H3,(H2,23,24,25). The van der Waals surface area contributed by atoms with Gasteiger partial charge >= 0.3 is 0 Å². The van der Waals surface area contributed by atoms with E-state index < -0.39 is 9.84 Å². The van der Waals surface area contributed by atoms with Crippen LogP contribution < -0.4 is 10.6 Å². The molecule has 0 aliphatic heterocycles. The van der Waals surface area contributed by atoms with Crippen LogP contribution in [0.5, 0.6) is 0 Å². The molecule has 1 atom stereocenters. The first-order valence-corrected chi connectivity index (χ1v) is 12.5.